The number of pyridine rings is 1. The number of carbonyl (C=O) groups excluding carboxylic acids is 1. The maximum atomic E-state index is 12.7. The van der Waals surface area contributed by atoms with Gasteiger partial charge in [-0.05, 0) is 30.5 Å². The molecule has 6 nitrogen and oxygen atoms in total. The number of nitrogens with zero attached hydrogens (tertiary/aromatic N) is 4. The van der Waals surface area contributed by atoms with Crippen LogP contribution in [-0.4, -0.2) is 38.3 Å². The van der Waals surface area contributed by atoms with E-state index in [-0.39, 0.29) is 17.9 Å². The molecular weight excluding hydrogens is 326 g/mol. The van der Waals surface area contributed by atoms with Crippen molar-refractivity contribution >= 4 is 11.7 Å². The Morgan fingerprint density at radius 3 is 2.81 bits per heavy atom. The van der Waals surface area contributed by atoms with Gasteiger partial charge < -0.3 is 10.2 Å². The molecule has 0 bridgehead atoms. The van der Waals surface area contributed by atoms with Crippen LogP contribution in [0, 0.1) is 5.92 Å². The summed E-state index contributed by atoms with van der Waals surface area (Å²) in [6, 6.07) is 6.43. The molecule has 1 N–H and O–H groups in total. The van der Waals surface area contributed by atoms with Crippen LogP contribution in [0.5, 0.6) is 0 Å². The minimum Gasteiger partial charge on any atom is -0.370 e. The lowest BCUT2D eigenvalue weighted by Gasteiger charge is -2.28. The third-order valence-electron chi connectivity index (χ3n) is 5.17. The van der Waals surface area contributed by atoms with E-state index in [0.717, 1.165) is 30.0 Å². The van der Waals surface area contributed by atoms with Gasteiger partial charge in [-0.3, -0.25) is 9.78 Å². The van der Waals surface area contributed by atoms with Crippen LogP contribution in [0.25, 0.3) is 0 Å². The highest BCUT2D eigenvalue weighted by Gasteiger charge is 2.47. The van der Waals surface area contributed by atoms with Gasteiger partial charge in [-0.25, -0.2) is 9.97 Å². The van der Waals surface area contributed by atoms with Crippen LogP contribution in [0.15, 0.2) is 36.8 Å². The Morgan fingerprint density at radius 1 is 1.27 bits per heavy atom. The lowest BCUT2D eigenvalue weighted by molar-refractivity contribution is -0.129. The molecule has 1 saturated carbocycles. The van der Waals surface area contributed by atoms with Gasteiger partial charge >= 0.3 is 0 Å². The van der Waals surface area contributed by atoms with Crippen molar-refractivity contribution in [3.05, 3.63) is 48.2 Å². The van der Waals surface area contributed by atoms with E-state index in [1.165, 1.54) is 0 Å². The standard InChI is InChI=1S/C20H25N5O/c1-13(2)20-22-9-7-17(24-20)23-12-15-10-18(26)25(16-5-6-16)19(15)14-4-3-8-21-11-14/h3-4,7-9,11,13,15-16,19H,5-6,10,12H2,1-2H3,(H,22,23,24)/t15-,19-/m0/s1. The van der Waals surface area contributed by atoms with Gasteiger partial charge in [0, 0.05) is 49.4 Å². The first-order valence-corrected chi connectivity index (χ1v) is 9.41. The van der Waals surface area contributed by atoms with Crippen LogP contribution >= 0.6 is 0 Å². The molecule has 2 aromatic heterocycles. The molecule has 0 unspecified atom stereocenters. The summed E-state index contributed by atoms with van der Waals surface area (Å²) in [5.74, 6) is 2.42. The summed E-state index contributed by atoms with van der Waals surface area (Å²) < 4.78 is 0. The zero-order valence-corrected chi connectivity index (χ0v) is 15.3. The molecule has 1 amide bonds. The summed E-state index contributed by atoms with van der Waals surface area (Å²) in [5.41, 5.74) is 1.13. The van der Waals surface area contributed by atoms with Crippen LogP contribution in [0.1, 0.15) is 56.5 Å². The minimum absolute atomic E-state index is 0.0996. The molecule has 2 atom stereocenters. The van der Waals surface area contributed by atoms with E-state index in [4.69, 9.17) is 0 Å². The van der Waals surface area contributed by atoms with Gasteiger partial charge in [0.2, 0.25) is 5.91 Å². The Labute approximate surface area is 154 Å². The molecule has 0 spiro atoms. The molecule has 6 heteroatoms. The number of anilines is 1. The molecular formula is C20H25N5O. The Morgan fingerprint density at radius 2 is 2.12 bits per heavy atom. The summed E-state index contributed by atoms with van der Waals surface area (Å²) >= 11 is 0. The largest absolute Gasteiger partial charge is 0.370 e. The van der Waals surface area contributed by atoms with Gasteiger partial charge in [0.05, 0.1) is 6.04 Å². The van der Waals surface area contributed by atoms with Crippen molar-refractivity contribution in [2.24, 2.45) is 5.92 Å². The number of amides is 1. The van der Waals surface area contributed by atoms with E-state index in [0.29, 0.717) is 24.9 Å². The molecule has 136 valence electrons. The number of likely N-dealkylation sites (tertiary alicyclic amines) is 1. The van der Waals surface area contributed by atoms with E-state index >= 15 is 0 Å². The molecule has 1 saturated heterocycles. The molecule has 0 radical (unpaired) electrons. The van der Waals surface area contributed by atoms with Crippen molar-refractivity contribution in [2.45, 2.75) is 51.1 Å². The maximum absolute atomic E-state index is 12.7. The van der Waals surface area contributed by atoms with Crippen LogP contribution in [-0.2, 0) is 4.79 Å². The third-order valence-corrected chi connectivity index (χ3v) is 5.17. The number of nitrogens with one attached hydrogen (secondary N) is 1. The van der Waals surface area contributed by atoms with Crippen LogP contribution in [0.3, 0.4) is 0 Å². The highest BCUT2D eigenvalue weighted by atomic mass is 16.2. The summed E-state index contributed by atoms with van der Waals surface area (Å²) in [6.07, 6.45) is 8.28. The second-order valence-corrected chi connectivity index (χ2v) is 7.56. The molecule has 4 rings (SSSR count). The van der Waals surface area contributed by atoms with Gasteiger partial charge in [-0.1, -0.05) is 19.9 Å². The van der Waals surface area contributed by atoms with Gasteiger partial charge in [0.25, 0.3) is 0 Å². The molecule has 1 aliphatic heterocycles. The quantitative estimate of drug-likeness (QED) is 0.865. The first-order valence-electron chi connectivity index (χ1n) is 9.41. The van der Waals surface area contributed by atoms with Crippen molar-refractivity contribution in [1.29, 1.82) is 0 Å². The summed E-state index contributed by atoms with van der Waals surface area (Å²) in [4.78, 5) is 27.9. The molecule has 2 aliphatic rings. The number of rotatable bonds is 6. The van der Waals surface area contributed by atoms with Crippen LogP contribution in [0.2, 0.25) is 0 Å². The van der Waals surface area contributed by atoms with Crippen molar-refractivity contribution in [3.8, 4) is 0 Å². The SMILES string of the molecule is CC(C)c1nccc(NC[C@@H]2CC(=O)N(C3CC3)[C@H]2c2cccnc2)n1. The lowest BCUT2D eigenvalue weighted by Crippen LogP contribution is -2.32. The lowest BCUT2D eigenvalue weighted by atomic mass is 9.94. The van der Waals surface area contributed by atoms with Crippen molar-refractivity contribution in [2.75, 3.05) is 11.9 Å². The predicted molar refractivity (Wildman–Crippen MR) is 99.6 cm³/mol. The average Bonchev–Trinajstić information content (AvgIpc) is 3.44. The van der Waals surface area contributed by atoms with E-state index in [1.807, 2.05) is 18.3 Å². The Bertz CT molecular complexity index is 775. The maximum Gasteiger partial charge on any atom is 0.223 e. The number of hydrogen-bond donors (Lipinski definition) is 1. The van der Waals surface area contributed by atoms with Crippen molar-refractivity contribution in [1.82, 2.24) is 19.9 Å². The second kappa shape index (κ2) is 7.02. The van der Waals surface area contributed by atoms with E-state index < -0.39 is 0 Å². The molecule has 0 aromatic carbocycles. The predicted octanol–water partition coefficient (Wildman–Crippen LogP) is 3.16. The fraction of sp³-hybridized carbons (Fsp3) is 0.500. The first-order chi connectivity index (χ1) is 12.6. The van der Waals surface area contributed by atoms with Gasteiger partial charge in [-0.15, -0.1) is 0 Å². The number of hydrogen-bond acceptors (Lipinski definition) is 5. The van der Waals surface area contributed by atoms with Gasteiger partial charge in [-0.2, -0.15) is 0 Å². The number of aromatic nitrogens is 3. The second-order valence-electron chi connectivity index (χ2n) is 7.56. The number of carbonyl (C=O) groups is 1. The van der Waals surface area contributed by atoms with Crippen molar-refractivity contribution < 1.29 is 4.79 Å². The van der Waals surface area contributed by atoms with Gasteiger partial charge in [0.1, 0.15) is 11.6 Å². The molecule has 1 aliphatic carbocycles. The molecule has 2 aromatic rings. The highest BCUT2D eigenvalue weighted by Crippen LogP contribution is 2.44. The molecule has 2 fully saturated rings. The van der Waals surface area contributed by atoms with Crippen LogP contribution < -0.4 is 5.32 Å². The van der Waals surface area contributed by atoms with E-state index in [2.05, 4.69) is 45.1 Å². The Kier molecular flexibility index (Phi) is 4.57. The summed E-state index contributed by atoms with van der Waals surface area (Å²) in [5, 5.41) is 3.43. The normalized spacial score (nSPS) is 22.9. The smallest absolute Gasteiger partial charge is 0.223 e. The highest BCUT2D eigenvalue weighted by molar-refractivity contribution is 5.80. The summed E-state index contributed by atoms with van der Waals surface area (Å²) in [7, 11) is 0. The molecule has 26 heavy (non-hydrogen) atoms. The van der Waals surface area contributed by atoms with Crippen molar-refractivity contribution in [3.63, 3.8) is 0 Å². The Hall–Kier alpha value is -2.50. The third kappa shape index (κ3) is 3.41. The zero-order chi connectivity index (χ0) is 18.1. The van der Waals surface area contributed by atoms with E-state index in [1.54, 1.807) is 12.4 Å². The zero-order valence-electron chi connectivity index (χ0n) is 15.3. The van der Waals surface area contributed by atoms with Crippen LogP contribution in [0.4, 0.5) is 5.82 Å². The molecule has 3 heterocycles. The summed E-state index contributed by atoms with van der Waals surface area (Å²) in [6.45, 7) is 4.88. The monoisotopic (exact) mass is 351 g/mol. The fourth-order valence-corrected chi connectivity index (χ4v) is 3.76. The Balaban J connectivity index is 1.53. The topological polar surface area (TPSA) is 71.0 Å². The fourth-order valence-electron chi connectivity index (χ4n) is 3.76. The minimum atomic E-state index is 0.0996. The first kappa shape index (κ1) is 16.9. The average molecular weight is 351 g/mol. The van der Waals surface area contributed by atoms with Gasteiger partial charge in [0.15, 0.2) is 0 Å². The van der Waals surface area contributed by atoms with E-state index in [9.17, 15) is 4.79 Å².